The summed E-state index contributed by atoms with van der Waals surface area (Å²) in [5.74, 6) is 0. The van der Waals surface area contributed by atoms with E-state index < -0.39 is 0 Å². The molecule has 2 nitrogen and oxygen atoms in total. The second-order valence-electron chi connectivity index (χ2n) is 1.91. The van der Waals surface area contributed by atoms with Crippen LogP contribution in [0.5, 0.6) is 0 Å². The summed E-state index contributed by atoms with van der Waals surface area (Å²) in [6, 6.07) is 0. The predicted octanol–water partition coefficient (Wildman–Crippen LogP) is 1.22. The lowest BCUT2D eigenvalue weighted by molar-refractivity contribution is -0.671. The van der Waals surface area contributed by atoms with Crippen molar-refractivity contribution in [3.8, 4) is 0 Å². The van der Waals surface area contributed by atoms with Crippen molar-refractivity contribution in [2.75, 3.05) is 0 Å². The molecule has 1 rings (SSSR count). The molecule has 0 aliphatic heterocycles. The standard InChI is InChI=1S/C6H11N2.Al.3ClH/c1-3-8-5-4-7(2)6-8;;;;/h4-6H,3H2,1-2H3;;3*1H/q+1;;;;. The van der Waals surface area contributed by atoms with E-state index in [-0.39, 0.29) is 54.6 Å². The Morgan fingerprint density at radius 2 is 1.75 bits per heavy atom. The summed E-state index contributed by atoms with van der Waals surface area (Å²) in [5.41, 5.74) is 0. The molecule has 6 heteroatoms. The van der Waals surface area contributed by atoms with E-state index in [4.69, 9.17) is 0 Å². The van der Waals surface area contributed by atoms with E-state index in [1.807, 2.05) is 17.8 Å². The quantitative estimate of drug-likeness (QED) is 0.521. The minimum Gasteiger partial charge on any atom is -0.240 e. The molecule has 0 N–H and O–H groups in total. The Bertz CT molecular complexity index is 181. The maximum Gasteiger partial charge on any atom is 0.243 e. The van der Waals surface area contributed by atoms with Gasteiger partial charge in [-0.05, 0) is 6.92 Å². The molecule has 0 aliphatic carbocycles. The summed E-state index contributed by atoms with van der Waals surface area (Å²) in [6.07, 6.45) is 6.14. The van der Waals surface area contributed by atoms with Gasteiger partial charge in [0.1, 0.15) is 12.4 Å². The second kappa shape index (κ2) is 11.6. The van der Waals surface area contributed by atoms with Crippen LogP contribution in [0.25, 0.3) is 0 Å². The Balaban J connectivity index is -0.0000000800. The lowest BCUT2D eigenvalue weighted by Gasteiger charge is -1.81. The van der Waals surface area contributed by atoms with Crippen LogP contribution in [-0.4, -0.2) is 21.9 Å². The Morgan fingerprint density at radius 3 is 1.92 bits per heavy atom. The van der Waals surface area contributed by atoms with E-state index in [0.29, 0.717) is 0 Å². The van der Waals surface area contributed by atoms with E-state index in [0.717, 1.165) is 6.54 Å². The van der Waals surface area contributed by atoms with Crippen LogP contribution in [0.1, 0.15) is 6.92 Å². The summed E-state index contributed by atoms with van der Waals surface area (Å²) in [4.78, 5) is 0. The van der Waals surface area contributed by atoms with E-state index in [1.165, 1.54) is 0 Å². The van der Waals surface area contributed by atoms with Crippen molar-refractivity contribution in [3.05, 3.63) is 18.7 Å². The monoisotopic (exact) mass is 246 g/mol. The van der Waals surface area contributed by atoms with Crippen LogP contribution in [-0.2, 0) is 13.6 Å². The van der Waals surface area contributed by atoms with Gasteiger partial charge >= 0.3 is 0 Å². The van der Waals surface area contributed by atoms with Crippen molar-refractivity contribution >= 4 is 54.6 Å². The van der Waals surface area contributed by atoms with Crippen LogP contribution in [0.4, 0.5) is 0 Å². The first-order valence-corrected chi connectivity index (χ1v) is 2.84. The highest BCUT2D eigenvalue weighted by Crippen LogP contribution is 1.79. The largest absolute Gasteiger partial charge is 0.243 e. The van der Waals surface area contributed by atoms with Crippen LogP contribution >= 0.6 is 37.2 Å². The second-order valence-corrected chi connectivity index (χ2v) is 1.91. The molecule has 0 saturated carbocycles. The summed E-state index contributed by atoms with van der Waals surface area (Å²) < 4.78 is 4.16. The Kier molecular flexibility index (Phi) is 22.2. The van der Waals surface area contributed by atoms with E-state index in [1.54, 1.807) is 0 Å². The zero-order chi connectivity index (χ0) is 5.98. The number of halogens is 3. The molecule has 0 aliphatic rings. The third-order valence-corrected chi connectivity index (χ3v) is 1.19. The van der Waals surface area contributed by atoms with Gasteiger partial charge in [-0.3, -0.25) is 0 Å². The minimum absolute atomic E-state index is 0. The molecule has 0 spiro atoms. The highest BCUT2D eigenvalue weighted by atomic mass is 35.5. The molecule has 0 bridgehead atoms. The highest BCUT2D eigenvalue weighted by molar-refractivity contribution is 5.86. The summed E-state index contributed by atoms with van der Waals surface area (Å²) >= 11 is 0. The first kappa shape index (κ1) is 22.9. The van der Waals surface area contributed by atoms with E-state index in [9.17, 15) is 0 Å². The van der Waals surface area contributed by atoms with Gasteiger partial charge in [0.15, 0.2) is 0 Å². The van der Waals surface area contributed by atoms with Crippen LogP contribution in [0.2, 0.25) is 0 Å². The first-order valence-electron chi connectivity index (χ1n) is 2.84. The molecular formula is C6H14AlCl3N2+. The van der Waals surface area contributed by atoms with Gasteiger partial charge in [-0.1, -0.05) is 0 Å². The average molecular weight is 248 g/mol. The molecule has 0 saturated heterocycles. The van der Waals surface area contributed by atoms with E-state index >= 15 is 0 Å². The van der Waals surface area contributed by atoms with Crippen LogP contribution < -0.4 is 4.57 Å². The topological polar surface area (TPSA) is 8.81 Å². The Labute approximate surface area is 103 Å². The number of hydrogen-bond donors (Lipinski definition) is 0. The maximum absolute atomic E-state index is 2.12. The van der Waals surface area contributed by atoms with Crippen molar-refractivity contribution in [1.82, 2.24) is 4.57 Å². The fourth-order valence-electron chi connectivity index (χ4n) is 0.689. The lowest BCUT2D eigenvalue weighted by Crippen LogP contribution is -2.23. The molecule has 0 fully saturated rings. The molecule has 0 unspecified atom stereocenters. The molecular weight excluding hydrogens is 233 g/mol. The number of aryl methyl sites for hydroxylation is 2. The number of rotatable bonds is 1. The van der Waals surface area contributed by atoms with Gasteiger partial charge in [0.05, 0.1) is 13.6 Å². The van der Waals surface area contributed by atoms with Crippen LogP contribution in [0.15, 0.2) is 18.7 Å². The van der Waals surface area contributed by atoms with Gasteiger partial charge in [0, 0.05) is 17.4 Å². The molecule has 0 aromatic carbocycles. The average Bonchev–Trinajstić information content (AvgIpc) is 2.14. The summed E-state index contributed by atoms with van der Waals surface area (Å²) in [6.45, 7) is 3.18. The summed E-state index contributed by atoms with van der Waals surface area (Å²) in [5, 5.41) is 0. The van der Waals surface area contributed by atoms with Crippen molar-refractivity contribution in [2.45, 2.75) is 13.5 Å². The van der Waals surface area contributed by atoms with E-state index in [2.05, 4.69) is 24.0 Å². The van der Waals surface area contributed by atoms with Gasteiger partial charge in [-0.25, -0.2) is 9.13 Å². The fourth-order valence-corrected chi connectivity index (χ4v) is 0.689. The van der Waals surface area contributed by atoms with Crippen molar-refractivity contribution in [3.63, 3.8) is 0 Å². The maximum atomic E-state index is 2.12. The number of nitrogens with zero attached hydrogens (tertiary/aromatic N) is 2. The minimum atomic E-state index is 0. The third-order valence-electron chi connectivity index (χ3n) is 1.19. The molecule has 1 aromatic heterocycles. The third kappa shape index (κ3) is 7.27. The van der Waals surface area contributed by atoms with Gasteiger partial charge in [-0.15, -0.1) is 37.2 Å². The lowest BCUT2D eigenvalue weighted by atomic mass is 10.7. The highest BCUT2D eigenvalue weighted by Gasteiger charge is 1.92. The smallest absolute Gasteiger partial charge is 0.240 e. The van der Waals surface area contributed by atoms with Crippen LogP contribution in [0.3, 0.4) is 0 Å². The molecule has 1 aromatic rings. The number of hydrogen-bond acceptors (Lipinski definition) is 0. The predicted molar refractivity (Wildman–Crippen MR) is 58.8 cm³/mol. The number of aromatic nitrogens is 2. The SMILES string of the molecule is CCn1cc[n+](C)c1.Cl.Cl.Cl.[Al]. The normalized spacial score (nSPS) is 6.50. The van der Waals surface area contributed by atoms with Crippen molar-refractivity contribution in [1.29, 1.82) is 0 Å². The Hall–Kier alpha value is 0.612. The molecule has 3 radical (unpaired) electrons. The zero-order valence-corrected chi connectivity index (χ0v) is 10.7. The van der Waals surface area contributed by atoms with Gasteiger partial charge in [0.2, 0.25) is 6.33 Å². The van der Waals surface area contributed by atoms with Crippen molar-refractivity contribution in [2.24, 2.45) is 7.05 Å². The summed E-state index contributed by atoms with van der Waals surface area (Å²) in [7, 11) is 2.02. The molecule has 71 valence electrons. The number of imidazole rings is 1. The molecule has 12 heavy (non-hydrogen) atoms. The first-order chi connectivity index (χ1) is 3.83. The van der Waals surface area contributed by atoms with Gasteiger partial charge < -0.3 is 0 Å². The molecule has 0 amide bonds. The van der Waals surface area contributed by atoms with Gasteiger partial charge in [0.25, 0.3) is 0 Å². The van der Waals surface area contributed by atoms with Crippen LogP contribution in [0, 0.1) is 0 Å². The zero-order valence-electron chi connectivity index (χ0n) is 7.14. The van der Waals surface area contributed by atoms with Crippen molar-refractivity contribution < 1.29 is 4.57 Å². The fraction of sp³-hybridized carbons (Fsp3) is 0.500. The van der Waals surface area contributed by atoms with Gasteiger partial charge in [-0.2, -0.15) is 0 Å². The molecule has 0 atom stereocenters. The Morgan fingerprint density at radius 1 is 1.25 bits per heavy atom. The molecule has 1 heterocycles.